The number of rotatable bonds is 4. The van der Waals surface area contributed by atoms with Gasteiger partial charge in [0.05, 0.1) is 12.3 Å². The fourth-order valence-electron chi connectivity index (χ4n) is 2.52. The first-order valence-electron chi connectivity index (χ1n) is 6.78. The summed E-state index contributed by atoms with van der Waals surface area (Å²) in [6, 6.07) is 5.74. The smallest absolute Gasteiger partial charge is 0.155 e. The maximum atomic E-state index is 6.25. The van der Waals surface area contributed by atoms with Crippen LogP contribution in [0, 0.1) is 0 Å². The van der Waals surface area contributed by atoms with Gasteiger partial charge < -0.3 is 10.5 Å². The number of hydrogen-bond donors (Lipinski definition) is 1. The molecular formula is C14H20ClN5O. The number of halogens is 1. The Balaban J connectivity index is 0.00000161. The van der Waals surface area contributed by atoms with Crippen LogP contribution in [0.3, 0.4) is 0 Å². The van der Waals surface area contributed by atoms with E-state index in [1.54, 1.807) is 18.0 Å². The average Bonchev–Trinajstić information content (AvgIpc) is 2.83. The normalized spacial score (nSPS) is 14.5. The van der Waals surface area contributed by atoms with Crippen LogP contribution < -0.4 is 5.73 Å². The third-order valence-corrected chi connectivity index (χ3v) is 3.63. The molecule has 0 atom stereocenters. The minimum absolute atomic E-state index is 0. The summed E-state index contributed by atoms with van der Waals surface area (Å²) in [4.78, 5) is 6.65. The van der Waals surface area contributed by atoms with Gasteiger partial charge in [0.25, 0.3) is 0 Å². The zero-order valence-electron chi connectivity index (χ0n) is 12.0. The molecule has 0 bridgehead atoms. The summed E-state index contributed by atoms with van der Waals surface area (Å²) in [5.74, 6) is 1.46. The molecule has 0 fully saturated rings. The van der Waals surface area contributed by atoms with Crippen LogP contribution in [0.15, 0.2) is 24.4 Å². The highest BCUT2D eigenvalue weighted by molar-refractivity contribution is 5.85. The van der Waals surface area contributed by atoms with Crippen LogP contribution in [0.1, 0.15) is 11.3 Å². The lowest BCUT2D eigenvalue weighted by Crippen LogP contribution is -2.33. The molecule has 7 heteroatoms. The van der Waals surface area contributed by atoms with E-state index in [-0.39, 0.29) is 12.4 Å². The van der Waals surface area contributed by atoms with Crippen LogP contribution in [0.4, 0.5) is 5.82 Å². The summed E-state index contributed by atoms with van der Waals surface area (Å²) in [6.07, 6.45) is 2.67. The van der Waals surface area contributed by atoms with Crippen molar-refractivity contribution in [2.24, 2.45) is 0 Å². The molecule has 6 nitrogen and oxygen atoms in total. The van der Waals surface area contributed by atoms with E-state index >= 15 is 0 Å². The Morgan fingerprint density at radius 2 is 2.24 bits per heavy atom. The monoisotopic (exact) mass is 309 g/mol. The van der Waals surface area contributed by atoms with Gasteiger partial charge in [0.1, 0.15) is 5.82 Å². The van der Waals surface area contributed by atoms with Crippen LogP contribution >= 0.6 is 12.4 Å². The summed E-state index contributed by atoms with van der Waals surface area (Å²) in [5, 5.41) is 4.61. The molecule has 2 aromatic rings. The number of nitrogens with two attached hydrogens (primary N) is 1. The summed E-state index contributed by atoms with van der Waals surface area (Å²) in [7, 11) is 1.73. The van der Waals surface area contributed by atoms with Crippen molar-refractivity contribution in [3.63, 3.8) is 0 Å². The Kier molecular flexibility index (Phi) is 5.17. The molecule has 0 saturated carbocycles. The second kappa shape index (κ2) is 6.89. The largest absolute Gasteiger partial charge is 0.383 e. The number of methoxy groups -OCH3 is 1. The van der Waals surface area contributed by atoms with E-state index < -0.39 is 0 Å². The third-order valence-electron chi connectivity index (χ3n) is 3.63. The maximum Gasteiger partial charge on any atom is 0.155 e. The van der Waals surface area contributed by atoms with Gasteiger partial charge in [-0.05, 0) is 12.1 Å². The van der Waals surface area contributed by atoms with E-state index in [1.807, 2.05) is 18.2 Å². The number of nitrogen functional groups attached to an aromatic ring is 1. The van der Waals surface area contributed by atoms with E-state index in [0.29, 0.717) is 5.82 Å². The molecule has 2 aromatic heterocycles. The lowest BCUT2D eigenvalue weighted by Gasteiger charge is -2.25. The Hall–Kier alpha value is -1.63. The Morgan fingerprint density at radius 1 is 1.38 bits per heavy atom. The molecular weight excluding hydrogens is 290 g/mol. The molecule has 0 saturated heterocycles. The summed E-state index contributed by atoms with van der Waals surface area (Å²) >= 11 is 0. The number of hydrogen-bond acceptors (Lipinski definition) is 5. The number of nitrogens with zero attached hydrogens (tertiary/aromatic N) is 4. The van der Waals surface area contributed by atoms with E-state index in [1.165, 1.54) is 0 Å². The first kappa shape index (κ1) is 15.8. The van der Waals surface area contributed by atoms with E-state index in [9.17, 15) is 0 Å². The van der Waals surface area contributed by atoms with Crippen LogP contribution in [0.25, 0.3) is 5.82 Å². The first-order valence-corrected chi connectivity index (χ1v) is 6.78. The molecule has 0 radical (unpaired) electrons. The highest BCUT2D eigenvalue weighted by Crippen LogP contribution is 2.25. The quantitative estimate of drug-likeness (QED) is 0.921. The molecule has 0 aromatic carbocycles. The van der Waals surface area contributed by atoms with Gasteiger partial charge in [-0.15, -0.1) is 12.4 Å². The van der Waals surface area contributed by atoms with Crippen molar-refractivity contribution in [3.05, 3.63) is 35.7 Å². The Labute approximate surface area is 130 Å². The van der Waals surface area contributed by atoms with Crippen molar-refractivity contribution in [1.82, 2.24) is 19.7 Å². The number of ether oxygens (including phenoxy) is 1. The van der Waals surface area contributed by atoms with Crippen molar-refractivity contribution in [3.8, 4) is 5.82 Å². The standard InChI is InChI=1S/C14H19N5O.ClH/c1-20-9-8-18-7-5-12-11(10-18)14(15)19(17-12)13-4-2-3-6-16-13;/h2-4,6H,5,7-10,15H2,1H3;1H. The molecule has 21 heavy (non-hydrogen) atoms. The summed E-state index contributed by atoms with van der Waals surface area (Å²) in [6.45, 7) is 3.49. The molecule has 114 valence electrons. The van der Waals surface area contributed by atoms with Crippen LogP contribution in [0.2, 0.25) is 0 Å². The van der Waals surface area contributed by atoms with Gasteiger partial charge in [-0.2, -0.15) is 9.78 Å². The SMILES string of the molecule is COCCN1CCc2nn(-c3ccccn3)c(N)c2C1.Cl. The van der Waals surface area contributed by atoms with Crippen molar-refractivity contribution >= 4 is 18.2 Å². The van der Waals surface area contributed by atoms with Crippen LogP contribution in [0.5, 0.6) is 0 Å². The highest BCUT2D eigenvalue weighted by atomic mass is 35.5. The number of fused-ring (bicyclic) bond motifs is 1. The number of pyridine rings is 1. The van der Waals surface area contributed by atoms with Gasteiger partial charge in [0.15, 0.2) is 5.82 Å². The molecule has 0 amide bonds. The lowest BCUT2D eigenvalue weighted by molar-refractivity contribution is 0.140. The van der Waals surface area contributed by atoms with Crippen molar-refractivity contribution in [1.29, 1.82) is 0 Å². The molecule has 0 aliphatic carbocycles. The number of aromatic nitrogens is 3. The van der Waals surface area contributed by atoms with E-state index in [0.717, 1.165) is 49.7 Å². The van der Waals surface area contributed by atoms with Gasteiger partial charge in [0, 0.05) is 44.9 Å². The molecule has 0 spiro atoms. The topological polar surface area (TPSA) is 69.2 Å². The molecule has 1 aliphatic rings. The molecule has 3 rings (SSSR count). The molecule has 0 unspecified atom stereocenters. The fourth-order valence-corrected chi connectivity index (χ4v) is 2.52. The minimum atomic E-state index is 0. The molecule has 2 N–H and O–H groups in total. The predicted molar refractivity (Wildman–Crippen MR) is 83.9 cm³/mol. The van der Waals surface area contributed by atoms with Crippen molar-refractivity contribution < 1.29 is 4.74 Å². The van der Waals surface area contributed by atoms with Gasteiger partial charge in [-0.3, -0.25) is 4.90 Å². The van der Waals surface area contributed by atoms with Crippen LogP contribution in [-0.4, -0.2) is 46.5 Å². The maximum absolute atomic E-state index is 6.25. The fraction of sp³-hybridized carbons (Fsp3) is 0.429. The van der Waals surface area contributed by atoms with Crippen molar-refractivity contribution in [2.75, 3.05) is 32.5 Å². The van der Waals surface area contributed by atoms with Gasteiger partial charge in [0.2, 0.25) is 0 Å². The number of anilines is 1. The van der Waals surface area contributed by atoms with Gasteiger partial charge in [-0.25, -0.2) is 4.98 Å². The van der Waals surface area contributed by atoms with Crippen LogP contribution in [-0.2, 0) is 17.7 Å². The highest BCUT2D eigenvalue weighted by Gasteiger charge is 2.23. The zero-order valence-corrected chi connectivity index (χ0v) is 12.8. The summed E-state index contributed by atoms with van der Waals surface area (Å²) in [5.41, 5.74) is 8.46. The molecule has 3 heterocycles. The van der Waals surface area contributed by atoms with Gasteiger partial charge >= 0.3 is 0 Å². The average molecular weight is 310 g/mol. The Morgan fingerprint density at radius 3 is 2.95 bits per heavy atom. The second-order valence-corrected chi connectivity index (χ2v) is 4.93. The minimum Gasteiger partial charge on any atom is -0.383 e. The zero-order chi connectivity index (χ0) is 13.9. The van der Waals surface area contributed by atoms with E-state index in [2.05, 4.69) is 15.0 Å². The molecule has 1 aliphatic heterocycles. The predicted octanol–water partition coefficient (Wildman–Crippen LogP) is 1.28. The first-order chi connectivity index (χ1) is 9.79. The van der Waals surface area contributed by atoms with Crippen molar-refractivity contribution in [2.45, 2.75) is 13.0 Å². The summed E-state index contributed by atoms with van der Waals surface area (Å²) < 4.78 is 6.87. The third kappa shape index (κ3) is 3.18. The second-order valence-electron chi connectivity index (χ2n) is 4.93. The Bertz CT molecular complexity index is 587. The lowest BCUT2D eigenvalue weighted by atomic mass is 10.1. The van der Waals surface area contributed by atoms with E-state index in [4.69, 9.17) is 10.5 Å². The van der Waals surface area contributed by atoms with Gasteiger partial charge in [-0.1, -0.05) is 6.07 Å².